The molecule has 1 saturated heterocycles. The van der Waals surface area contributed by atoms with E-state index in [2.05, 4.69) is 9.97 Å². The van der Waals surface area contributed by atoms with Crippen LogP contribution in [-0.4, -0.2) is 81.8 Å². The number of H-pyrrole nitrogens is 1. The fraction of sp³-hybridized carbons (Fsp3) is 0.571. The second kappa shape index (κ2) is 9.06. The first-order valence-electron chi connectivity index (χ1n) is 7.59. The van der Waals surface area contributed by atoms with Crippen LogP contribution < -0.4 is 0 Å². The van der Waals surface area contributed by atoms with Crippen molar-refractivity contribution in [2.45, 2.75) is 20.0 Å². The lowest BCUT2D eigenvalue weighted by atomic mass is 10.3. The third-order valence-electron chi connectivity index (χ3n) is 3.27. The summed E-state index contributed by atoms with van der Waals surface area (Å²) in [6.45, 7) is 5.96. The number of carbonyl (C=O) groups excluding carboxylic acids is 2. The van der Waals surface area contributed by atoms with Gasteiger partial charge in [-0.1, -0.05) is 0 Å². The van der Waals surface area contributed by atoms with Gasteiger partial charge in [0.15, 0.2) is 0 Å². The standard InChI is InChI=1S/C12H18N4O3.C2HF3O2/c1-3-19-12(18)16-6-4-15(5-7-16)11(17)10-8-13-9(2)14-10;3-2(4,5)1(6)7/h8H,3-7H2,1-2H3,(H,13,14);(H,6,7). The maximum Gasteiger partial charge on any atom is 0.490 e. The van der Waals surface area contributed by atoms with E-state index in [4.69, 9.17) is 14.6 Å². The van der Waals surface area contributed by atoms with Gasteiger partial charge < -0.3 is 24.6 Å². The van der Waals surface area contributed by atoms with Crippen molar-refractivity contribution in [3.05, 3.63) is 17.7 Å². The molecule has 2 heterocycles. The van der Waals surface area contributed by atoms with Crippen molar-refractivity contribution in [1.29, 1.82) is 0 Å². The number of nitrogens with one attached hydrogen (secondary N) is 1. The van der Waals surface area contributed by atoms with Gasteiger partial charge in [0.25, 0.3) is 5.91 Å². The molecule has 2 rings (SSSR count). The molecule has 1 aliphatic heterocycles. The Kier molecular flexibility index (Phi) is 7.41. The number of imidazole rings is 1. The van der Waals surface area contributed by atoms with Gasteiger partial charge in [-0.25, -0.2) is 14.6 Å². The van der Waals surface area contributed by atoms with E-state index >= 15 is 0 Å². The van der Waals surface area contributed by atoms with E-state index < -0.39 is 12.1 Å². The Morgan fingerprint density at radius 3 is 2.12 bits per heavy atom. The van der Waals surface area contributed by atoms with E-state index in [1.165, 1.54) is 6.20 Å². The number of aromatic amines is 1. The van der Waals surface area contributed by atoms with Crippen LogP contribution in [-0.2, 0) is 9.53 Å². The molecule has 0 bridgehead atoms. The Morgan fingerprint density at radius 1 is 1.23 bits per heavy atom. The number of ether oxygens (including phenoxy) is 1. The summed E-state index contributed by atoms with van der Waals surface area (Å²) in [5.41, 5.74) is 0.488. The molecule has 0 radical (unpaired) electrons. The van der Waals surface area contributed by atoms with Crippen LogP contribution in [0.1, 0.15) is 23.2 Å². The number of aliphatic carboxylic acids is 1. The van der Waals surface area contributed by atoms with Crippen LogP contribution in [0, 0.1) is 6.92 Å². The van der Waals surface area contributed by atoms with Crippen molar-refractivity contribution >= 4 is 18.0 Å². The zero-order chi connectivity index (χ0) is 19.9. The Hall–Kier alpha value is -2.79. The molecular weight excluding hydrogens is 361 g/mol. The zero-order valence-electron chi connectivity index (χ0n) is 14.2. The highest BCUT2D eigenvalue weighted by molar-refractivity contribution is 5.92. The molecule has 1 aromatic rings. The molecule has 26 heavy (non-hydrogen) atoms. The summed E-state index contributed by atoms with van der Waals surface area (Å²) in [5.74, 6) is -2.12. The lowest BCUT2D eigenvalue weighted by molar-refractivity contribution is -0.192. The van der Waals surface area contributed by atoms with Gasteiger partial charge in [-0.3, -0.25) is 4.79 Å². The van der Waals surface area contributed by atoms with E-state index in [0.29, 0.717) is 44.3 Å². The number of amides is 2. The third-order valence-corrected chi connectivity index (χ3v) is 3.27. The van der Waals surface area contributed by atoms with Gasteiger partial charge in [-0.2, -0.15) is 13.2 Å². The van der Waals surface area contributed by atoms with Crippen LogP contribution in [0.15, 0.2) is 6.20 Å². The summed E-state index contributed by atoms with van der Waals surface area (Å²) in [6.07, 6.45) is -3.86. The molecule has 1 aromatic heterocycles. The summed E-state index contributed by atoms with van der Waals surface area (Å²) >= 11 is 0. The van der Waals surface area contributed by atoms with Crippen LogP contribution >= 0.6 is 0 Å². The Bertz CT molecular complexity index is 639. The first-order chi connectivity index (χ1) is 12.1. The second-order valence-corrected chi connectivity index (χ2v) is 5.16. The van der Waals surface area contributed by atoms with Gasteiger partial charge in [-0.15, -0.1) is 0 Å². The molecule has 1 fully saturated rings. The number of piperazine rings is 1. The maximum absolute atomic E-state index is 12.1. The molecule has 0 saturated carbocycles. The lowest BCUT2D eigenvalue weighted by Crippen LogP contribution is -2.50. The monoisotopic (exact) mass is 380 g/mol. The highest BCUT2D eigenvalue weighted by Crippen LogP contribution is 2.13. The molecular formula is C14H19F3N4O5. The molecule has 0 spiro atoms. The highest BCUT2D eigenvalue weighted by atomic mass is 19.4. The van der Waals surface area contributed by atoms with E-state index in [-0.39, 0.29) is 12.0 Å². The molecule has 146 valence electrons. The van der Waals surface area contributed by atoms with Crippen LogP contribution in [0.2, 0.25) is 0 Å². The van der Waals surface area contributed by atoms with Crippen molar-refractivity contribution in [3.63, 3.8) is 0 Å². The molecule has 2 amide bonds. The average molecular weight is 380 g/mol. The first kappa shape index (κ1) is 21.3. The van der Waals surface area contributed by atoms with Crippen LogP contribution in [0.3, 0.4) is 0 Å². The fourth-order valence-electron chi connectivity index (χ4n) is 2.01. The number of hydrogen-bond donors (Lipinski definition) is 2. The summed E-state index contributed by atoms with van der Waals surface area (Å²) in [4.78, 5) is 42.8. The second-order valence-electron chi connectivity index (χ2n) is 5.16. The number of carboxylic acids is 1. The van der Waals surface area contributed by atoms with E-state index in [1.54, 1.807) is 23.6 Å². The average Bonchev–Trinajstić information content (AvgIpc) is 3.01. The molecule has 12 heteroatoms. The molecule has 1 aliphatic rings. The fourth-order valence-corrected chi connectivity index (χ4v) is 2.01. The lowest BCUT2D eigenvalue weighted by Gasteiger charge is -2.33. The van der Waals surface area contributed by atoms with E-state index in [9.17, 15) is 22.8 Å². The number of alkyl halides is 3. The Morgan fingerprint density at radius 2 is 1.73 bits per heavy atom. The summed E-state index contributed by atoms with van der Waals surface area (Å²) in [7, 11) is 0. The highest BCUT2D eigenvalue weighted by Gasteiger charge is 2.38. The maximum atomic E-state index is 12.1. The number of carboxylic acid groups (broad SMARTS) is 1. The van der Waals surface area contributed by atoms with Crippen molar-refractivity contribution in [3.8, 4) is 0 Å². The molecule has 0 atom stereocenters. The van der Waals surface area contributed by atoms with Gasteiger partial charge in [0.05, 0.1) is 12.8 Å². The molecule has 2 N–H and O–H groups in total. The minimum Gasteiger partial charge on any atom is -0.475 e. The normalized spacial score (nSPS) is 14.3. The summed E-state index contributed by atoms with van der Waals surface area (Å²) < 4.78 is 36.7. The number of aromatic nitrogens is 2. The van der Waals surface area contributed by atoms with Gasteiger partial charge in [0.1, 0.15) is 11.5 Å². The minimum atomic E-state index is -5.08. The van der Waals surface area contributed by atoms with Crippen LogP contribution in [0.4, 0.5) is 18.0 Å². The predicted molar refractivity (Wildman–Crippen MR) is 81.5 cm³/mol. The number of halogens is 3. The van der Waals surface area contributed by atoms with Gasteiger partial charge >= 0.3 is 18.2 Å². The van der Waals surface area contributed by atoms with Gasteiger partial charge in [0, 0.05) is 26.2 Å². The van der Waals surface area contributed by atoms with Crippen molar-refractivity contribution in [2.75, 3.05) is 32.8 Å². The summed E-state index contributed by atoms with van der Waals surface area (Å²) in [5, 5.41) is 7.12. The zero-order valence-corrected chi connectivity index (χ0v) is 14.2. The Labute approximate surface area is 146 Å². The predicted octanol–water partition coefficient (Wildman–Crippen LogP) is 1.27. The molecule has 0 unspecified atom stereocenters. The Balaban J connectivity index is 0.000000412. The van der Waals surface area contributed by atoms with Crippen molar-refractivity contribution < 1.29 is 37.4 Å². The molecule has 0 aliphatic carbocycles. The number of aryl methyl sites for hydroxylation is 1. The van der Waals surface area contributed by atoms with Crippen molar-refractivity contribution in [1.82, 2.24) is 19.8 Å². The van der Waals surface area contributed by atoms with E-state index in [0.717, 1.165) is 0 Å². The van der Waals surface area contributed by atoms with Crippen molar-refractivity contribution in [2.24, 2.45) is 0 Å². The van der Waals surface area contributed by atoms with E-state index in [1.807, 2.05) is 0 Å². The van der Waals surface area contributed by atoms with Crippen LogP contribution in [0.25, 0.3) is 0 Å². The molecule has 9 nitrogen and oxygen atoms in total. The minimum absolute atomic E-state index is 0.0795. The summed E-state index contributed by atoms with van der Waals surface area (Å²) in [6, 6.07) is 0. The molecule has 0 aromatic carbocycles. The number of nitrogens with zero attached hydrogens (tertiary/aromatic N) is 3. The number of carbonyl (C=O) groups is 3. The number of hydrogen-bond acceptors (Lipinski definition) is 5. The topological polar surface area (TPSA) is 116 Å². The van der Waals surface area contributed by atoms with Crippen LogP contribution in [0.5, 0.6) is 0 Å². The smallest absolute Gasteiger partial charge is 0.475 e. The van der Waals surface area contributed by atoms with Gasteiger partial charge in [-0.05, 0) is 13.8 Å². The largest absolute Gasteiger partial charge is 0.490 e. The SMILES string of the molecule is CCOC(=O)N1CCN(C(=O)c2cnc(C)[nH]2)CC1.O=C(O)C(F)(F)F. The first-order valence-corrected chi connectivity index (χ1v) is 7.59. The van der Waals surface area contributed by atoms with Gasteiger partial charge in [0.2, 0.25) is 0 Å². The third kappa shape index (κ3) is 6.26. The quantitative estimate of drug-likeness (QED) is 0.798. The number of rotatable bonds is 2.